The minimum atomic E-state index is -0.196. The van der Waals surface area contributed by atoms with Crippen LogP contribution in [-0.4, -0.2) is 67.0 Å². The number of halogens is 1. The number of benzene rings is 1. The van der Waals surface area contributed by atoms with E-state index in [0.29, 0.717) is 18.2 Å². The molecule has 0 radical (unpaired) electrons. The number of amides is 2. The maximum Gasteiger partial charge on any atom is 0.256 e. The molecule has 2 saturated heterocycles. The molecular formula is C23H32ClN3O3. The molecule has 164 valence electrons. The lowest BCUT2D eigenvalue weighted by molar-refractivity contribution is -0.137. The summed E-state index contributed by atoms with van der Waals surface area (Å²) in [6.45, 7) is 8.95. The van der Waals surface area contributed by atoms with Crippen LogP contribution in [0.4, 0.5) is 5.69 Å². The number of ether oxygens (including phenoxy) is 1. The van der Waals surface area contributed by atoms with E-state index in [0.717, 1.165) is 57.7 Å². The van der Waals surface area contributed by atoms with Gasteiger partial charge in [-0.2, -0.15) is 0 Å². The van der Waals surface area contributed by atoms with Gasteiger partial charge in [-0.25, -0.2) is 0 Å². The van der Waals surface area contributed by atoms with Gasteiger partial charge in [0.25, 0.3) is 5.91 Å². The highest BCUT2D eigenvalue weighted by Gasteiger charge is 2.32. The lowest BCUT2D eigenvalue weighted by atomic mass is 10.2. The summed E-state index contributed by atoms with van der Waals surface area (Å²) in [7, 11) is 0. The number of para-hydroxylation sites is 2. The second-order valence-corrected chi connectivity index (χ2v) is 8.31. The molecule has 1 aliphatic carbocycles. The monoisotopic (exact) mass is 433 g/mol. The van der Waals surface area contributed by atoms with Gasteiger partial charge >= 0.3 is 0 Å². The van der Waals surface area contributed by atoms with E-state index in [2.05, 4.69) is 40.6 Å². The highest BCUT2D eigenvalue weighted by molar-refractivity contribution is 6.12. The van der Waals surface area contributed by atoms with Gasteiger partial charge in [0.1, 0.15) is 5.75 Å². The number of rotatable bonds is 7. The molecule has 0 bridgehead atoms. The Balaban J connectivity index is 0.00000256. The standard InChI is InChI=1S/C23H31N3O3.ClH/c1-18-17-22(27)26(23(18)28)12-6-11-24-13-15-25(16-14-24)20-9-4-5-10-21(20)29-19-7-2-3-8-19;/h4-5,9-10,19H,1-3,6-8,11-17H2;1H. The van der Waals surface area contributed by atoms with Crippen LogP contribution in [0.15, 0.2) is 36.4 Å². The highest BCUT2D eigenvalue weighted by atomic mass is 35.5. The van der Waals surface area contributed by atoms with Crippen LogP contribution in [0.3, 0.4) is 0 Å². The number of hydrogen-bond donors (Lipinski definition) is 0. The van der Waals surface area contributed by atoms with Crippen molar-refractivity contribution >= 4 is 29.9 Å². The summed E-state index contributed by atoms with van der Waals surface area (Å²) in [5, 5.41) is 0. The molecule has 6 nitrogen and oxygen atoms in total. The van der Waals surface area contributed by atoms with Crippen molar-refractivity contribution < 1.29 is 14.3 Å². The van der Waals surface area contributed by atoms with Crippen molar-refractivity contribution in [2.45, 2.75) is 44.6 Å². The molecular weight excluding hydrogens is 402 g/mol. The predicted molar refractivity (Wildman–Crippen MR) is 120 cm³/mol. The number of carbonyl (C=O) groups excluding carboxylic acids is 2. The molecule has 1 aromatic rings. The molecule has 0 atom stereocenters. The van der Waals surface area contributed by atoms with E-state index in [9.17, 15) is 9.59 Å². The fourth-order valence-corrected chi connectivity index (χ4v) is 4.55. The largest absolute Gasteiger partial charge is 0.488 e. The van der Waals surface area contributed by atoms with Gasteiger partial charge in [0.2, 0.25) is 5.91 Å². The normalized spacial score (nSPS) is 20.7. The molecule has 3 fully saturated rings. The van der Waals surface area contributed by atoms with Gasteiger partial charge in [-0.15, -0.1) is 12.4 Å². The Hall–Kier alpha value is -2.05. The SMILES string of the molecule is C=C1CC(=O)N(CCCN2CCN(c3ccccc3OC3CCCC3)CC2)C1=O.Cl. The summed E-state index contributed by atoms with van der Waals surface area (Å²) in [5.74, 6) is 0.710. The summed E-state index contributed by atoms with van der Waals surface area (Å²) in [6.07, 6.45) is 6.23. The number of nitrogens with zero attached hydrogens (tertiary/aromatic N) is 3. The summed E-state index contributed by atoms with van der Waals surface area (Å²) in [4.78, 5) is 30.0. The van der Waals surface area contributed by atoms with Crippen LogP contribution < -0.4 is 9.64 Å². The van der Waals surface area contributed by atoms with Crippen LogP contribution in [0.5, 0.6) is 5.75 Å². The van der Waals surface area contributed by atoms with E-state index >= 15 is 0 Å². The van der Waals surface area contributed by atoms with Gasteiger partial charge in [0.15, 0.2) is 0 Å². The number of imide groups is 1. The molecule has 4 rings (SSSR count). The van der Waals surface area contributed by atoms with Crippen LogP contribution in [0.25, 0.3) is 0 Å². The lowest BCUT2D eigenvalue weighted by Gasteiger charge is -2.37. The Morgan fingerprint density at radius 2 is 1.70 bits per heavy atom. The molecule has 1 aromatic carbocycles. The Bertz CT molecular complexity index is 771. The Morgan fingerprint density at radius 1 is 1.00 bits per heavy atom. The second-order valence-electron chi connectivity index (χ2n) is 8.31. The first kappa shape index (κ1) is 22.6. The smallest absolute Gasteiger partial charge is 0.256 e. The lowest BCUT2D eigenvalue weighted by Crippen LogP contribution is -2.47. The molecule has 1 saturated carbocycles. The second kappa shape index (κ2) is 10.3. The fraction of sp³-hybridized carbons (Fsp3) is 0.565. The van der Waals surface area contributed by atoms with E-state index in [1.165, 1.54) is 23.4 Å². The van der Waals surface area contributed by atoms with E-state index in [1.807, 2.05) is 0 Å². The van der Waals surface area contributed by atoms with Crippen LogP contribution in [0.1, 0.15) is 38.5 Å². The van der Waals surface area contributed by atoms with E-state index in [1.54, 1.807) is 0 Å². The van der Waals surface area contributed by atoms with Crippen molar-refractivity contribution in [2.24, 2.45) is 0 Å². The average Bonchev–Trinajstić information content (AvgIpc) is 3.32. The van der Waals surface area contributed by atoms with Gasteiger partial charge in [-0.05, 0) is 50.8 Å². The van der Waals surface area contributed by atoms with Crippen molar-refractivity contribution in [3.63, 3.8) is 0 Å². The highest BCUT2D eigenvalue weighted by Crippen LogP contribution is 2.32. The van der Waals surface area contributed by atoms with Crippen molar-refractivity contribution in [1.82, 2.24) is 9.80 Å². The summed E-state index contributed by atoms with van der Waals surface area (Å²) < 4.78 is 6.31. The molecule has 2 heterocycles. The first-order valence-electron chi connectivity index (χ1n) is 10.9. The van der Waals surface area contributed by atoms with Gasteiger partial charge in [-0.3, -0.25) is 19.4 Å². The van der Waals surface area contributed by atoms with Crippen molar-refractivity contribution in [2.75, 3.05) is 44.2 Å². The fourth-order valence-electron chi connectivity index (χ4n) is 4.55. The van der Waals surface area contributed by atoms with Gasteiger partial charge < -0.3 is 9.64 Å². The molecule has 0 N–H and O–H groups in total. The predicted octanol–water partition coefficient (Wildman–Crippen LogP) is 3.26. The minimum absolute atomic E-state index is 0. The third kappa shape index (κ3) is 5.16. The molecule has 30 heavy (non-hydrogen) atoms. The Kier molecular flexibility index (Phi) is 7.78. The van der Waals surface area contributed by atoms with Crippen LogP contribution >= 0.6 is 12.4 Å². The topological polar surface area (TPSA) is 53.1 Å². The Labute approximate surface area is 185 Å². The minimum Gasteiger partial charge on any atom is -0.488 e. The summed E-state index contributed by atoms with van der Waals surface area (Å²) in [5.41, 5.74) is 1.62. The first-order chi connectivity index (χ1) is 14.1. The van der Waals surface area contributed by atoms with E-state index < -0.39 is 0 Å². The molecule has 2 amide bonds. The maximum atomic E-state index is 11.9. The van der Waals surface area contributed by atoms with Crippen LogP contribution in [-0.2, 0) is 9.59 Å². The molecule has 0 spiro atoms. The molecule has 0 unspecified atom stereocenters. The van der Waals surface area contributed by atoms with Crippen LogP contribution in [0, 0.1) is 0 Å². The van der Waals surface area contributed by atoms with Crippen molar-refractivity contribution in [1.29, 1.82) is 0 Å². The number of carbonyl (C=O) groups is 2. The van der Waals surface area contributed by atoms with Gasteiger partial charge in [-0.1, -0.05) is 18.7 Å². The maximum absolute atomic E-state index is 11.9. The molecule has 0 aromatic heterocycles. The Morgan fingerprint density at radius 3 is 2.37 bits per heavy atom. The number of likely N-dealkylation sites (tertiary alicyclic amines) is 1. The number of anilines is 1. The number of piperazine rings is 1. The van der Waals surface area contributed by atoms with E-state index in [4.69, 9.17) is 4.74 Å². The van der Waals surface area contributed by atoms with Crippen molar-refractivity contribution in [3.05, 3.63) is 36.4 Å². The summed E-state index contributed by atoms with van der Waals surface area (Å²) in [6, 6.07) is 8.40. The third-order valence-corrected chi connectivity index (χ3v) is 6.24. The first-order valence-corrected chi connectivity index (χ1v) is 10.9. The van der Waals surface area contributed by atoms with Gasteiger partial charge in [0.05, 0.1) is 18.2 Å². The summed E-state index contributed by atoms with van der Waals surface area (Å²) >= 11 is 0. The van der Waals surface area contributed by atoms with E-state index in [-0.39, 0.29) is 30.6 Å². The zero-order valence-corrected chi connectivity index (χ0v) is 18.4. The van der Waals surface area contributed by atoms with Gasteiger partial charge in [0, 0.05) is 38.3 Å². The molecule has 3 aliphatic rings. The third-order valence-electron chi connectivity index (χ3n) is 6.24. The number of hydrogen-bond acceptors (Lipinski definition) is 5. The molecule has 7 heteroatoms. The quantitative estimate of drug-likeness (QED) is 0.488. The average molecular weight is 434 g/mol. The van der Waals surface area contributed by atoms with Crippen molar-refractivity contribution in [3.8, 4) is 5.75 Å². The molecule has 2 aliphatic heterocycles. The van der Waals surface area contributed by atoms with Crippen LogP contribution in [0.2, 0.25) is 0 Å². The zero-order chi connectivity index (χ0) is 20.2. The zero-order valence-electron chi connectivity index (χ0n) is 17.6.